The van der Waals surface area contributed by atoms with Crippen molar-refractivity contribution in [3.05, 3.63) is 35.6 Å². The van der Waals surface area contributed by atoms with Crippen LogP contribution < -0.4 is 5.32 Å². The van der Waals surface area contributed by atoms with Crippen molar-refractivity contribution in [2.24, 2.45) is 5.92 Å². The predicted molar refractivity (Wildman–Crippen MR) is 75.2 cm³/mol. The first-order valence-electron chi connectivity index (χ1n) is 6.40. The smallest absolute Gasteiger partial charge is 0.313 e. The molecule has 2 unspecified atom stereocenters. The number of nitrogens with one attached hydrogen (secondary N) is 1. The summed E-state index contributed by atoms with van der Waals surface area (Å²) >= 11 is 1.28. The van der Waals surface area contributed by atoms with E-state index in [1.807, 2.05) is 0 Å². The second kappa shape index (κ2) is 6.74. The maximum Gasteiger partial charge on any atom is 0.313 e. The van der Waals surface area contributed by atoms with Gasteiger partial charge in [-0.15, -0.1) is 11.8 Å². The molecule has 0 bridgehead atoms. The van der Waals surface area contributed by atoms with Gasteiger partial charge in [0.05, 0.1) is 5.75 Å². The molecule has 20 heavy (non-hydrogen) atoms. The van der Waals surface area contributed by atoms with E-state index in [0.29, 0.717) is 12.3 Å². The molecule has 4 nitrogen and oxygen atoms in total. The SMILES string of the molecule is O=C(O)CSCCNC(=O)C1CC1c1ccc(F)cc1. The number of aliphatic carboxylic acids is 1. The number of thioether (sulfide) groups is 1. The molecule has 108 valence electrons. The average Bonchev–Trinajstić information content (AvgIpc) is 3.19. The van der Waals surface area contributed by atoms with Gasteiger partial charge in [-0.1, -0.05) is 12.1 Å². The molecule has 2 rings (SSSR count). The summed E-state index contributed by atoms with van der Waals surface area (Å²) in [5, 5.41) is 11.3. The lowest BCUT2D eigenvalue weighted by atomic mass is 10.1. The molecular weight excluding hydrogens is 281 g/mol. The molecule has 2 atom stereocenters. The van der Waals surface area contributed by atoms with Gasteiger partial charge in [-0.25, -0.2) is 4.39 Å². The Bertz CT molecular complexity index is 492. The molecule has 0 spiro atoms. The average molecular weight is 297 g/mol. The molecule has 0 heterocycles. The lowest BCUT2D eigenvalue weighted by molar-refractivity contribution is -0.133. The number of amides is 1. The molecule has 1 amide bonds. The van der Waals surface area contributed by atoms with Crippen LogP contribution in [0.2, 0.25) is 0 Å². The Morgan fingerprint density at radius 3 is 2.70 bits per heavy atom. The second-order valence-corrected chi connectivity index (χ2v) is 5.84. The summed E-state index contributed by atoms with van der Waals surface area (Å²) in [6, 6.07) is 6.25. The van der Waals surface area contributed by atoms with E-state index < -0.39 is 5.97 Å². The molecule has 1 aliphatic rings. The minimum absolute atomic E-state index is 0.00440. The van der Waals surface area contributed by atoms with Gasteiger partial charge < -0.3 is 10.4 Å². The van der Waals surface area contributed by atoms with Crippen LogP contribution >= 0.6 is 11.8 Å². The van der Waals surface area contributed by atoms with Crippen LogP contribution in [0.1, 0.15) is 17.9 Å². The summed E-state index contributed by atoms with van der Waals surface area (Å²) in [6.07, 6.45) is 0.791. The first-order chi connectivity index (χ1) is 9.58. The van der Waals surface area contributed by atoms with Gasteiger partial charge in [0, 0.05) is 18.2 Å². The molecule has 0 aromatic heterocycles. The van der Waals surface area contributed by atoms with Gasteiger partial charge in [-0.3, -0.25) is 9.59 Å². The van der Waals surface area contributed by atoms with Crippen molar-refractivity contribution in [3.63, 3.8) is 0 Å². The highest BCUT2D eigenvalue weighted by molar-refractivity contribution is 7.99. The molecular formula is C14H16FNO3S. The zero-order chi connectivity index (χ0) is 14.5. The number of carbonyl (C=O) groups is 2. The zero-order valence-electron chi connectivity index (χ0n) is 10.8. The van der Waals surface area contributed by atoms with Crippen LogP contribution in [-0.4, -0.2) is 35.0 Å². The summed E-state index contributed by atoms with van der Waals surface area (Å²) < 4.78 is 12.8. The maximum atomic E-state index is 12.8. The van der Waals surface area contributed by atoms with Crippen LogP contribution in [0, 0.1) is 11.7 Å². The third-order valence-corrected chi connectivity index (χ3v) is 4.14. The van der Waals surface area contributed by atoms with Gasteiger partial charge in [0.1, 0.15) is 5.82 Å². The summed E-state index contributed by atoms with van der Waals surface area (Å²) in [5.74, 6) is -0.336. The number of benzene rings is 1. The molecule has 1 saturated carbocycles. The fourth-order valence-electron chi connectivity index (χ4n) is 2.10. The fourth-order valence-corrected chi connectivity index (χ4v) is 2.67. The minimum Gasteiger partial charge on any atom is -0.481 e. The Morgan fingerprint density at radius 2 is 2.05 bits per heavy atom. The van der Waals surface area contributed by atoms with Crippen molar-refractivity contribution in [1.29, 1.82) is 0 Å². The number of hydrogen-bond donors (Lipinski definition) is 2. The van der Waals surface area contributed by atoms with Crippen LogP contribution in [-0.2, 0) is 9.59 Å². The van der Waals surface area contributed by atoms with Gasteiger partial charge in [-0.2, -0.15) is 0 Å². The molecule has 1 aromatic rings. The van der Waals surface area contributed by atoms with E-state index in [-0.39, 0.29) is 29.3 Å². The topological polar surface area (TPSA) is 66.4 Å². The molecule has 0 radical (unpaired) electrons. The van der Waals surface area contributed by atoms with Gasteiger partial charge in [-0.05, 0) is 30.0 Å². The molecule has 0 aliphatic heterocycles. The first-order valence-corrected chi connectivity index (χ1v) is 7.56. The highest BCUT2D eigenvalue weighted by Gasteiger charge is 2.43. The Labute approximate surface area is 120 Å². The molecule has 1 aromatic carbocycles. The van der Waals surface area contributed by atoms with Gasteiger partial charge in [0.15, 0.2) is 0 Å². The largest absolute Gasteiger partial charge is 0.481 e. The summed E-state index contributed by atoms with van der Waals surface area (Å²) in [5.41, 5.74) is 0.992. The Hall–Kier alpha value is -1.56. The number of rotatable bonds is 7. The van der Waals surface area contributed by atoms with Crippen molar-refractivity contribution in [1.82, 2.24) is 5.32 Å². The van der Waals surface area contributed by atoms with E-state index in [1.54, 1.807) is 12.1 Å². The van der Waals surface area contributed by atoms with Gasteiger partial charge >= 0.3 is 5.97 Å². The highest BCUT2D eigenvalue weighted by Crippen LogP contribution is 2.47. The summed E-state index contributed by atoms with van der Waals surface area (Å²) in [7, 11) is 0. The van der Waals surface area contributed by atoms with Gasteiger partial charge in [0.2, 0.25) is 5.91 Å². The van der Waals surface area contributed by atoms with Crippen LogP contribution in [0.4, 0.5) is 4.39 Å². The number of hydrogen-bond acceptors (Lipinski definition) is 3. The number of carboxylic acid groups (broad SMARTS) is 1. The van der Waals surface area contributed by atoms with Crippen LogP contribution in [0.5, 0.6) is 0 Å². The summed E-state index contributed by atoms with van der Waals surface area (Å²) in [6.45, 7) is 0.476. The molecule has 0 saturated heterocycles. The third-order valence-electron chi connectivity index (χ3n) is 3.20. The lowest BCUT2D eigenvalue weighted by Crippen LogP contribution is -2.27. The lowest BCUT2D eigenvalue weighted by Gasteiger charge is -2.04. The predicted octanol–water partition coefficient (Wildman–Crippen LogP) is 1.86. The number of carboxylic acids is 1. The Kier molecular flexibility index (Phi) is 5.00. The van der Waals surface area contributed by atoms with Crippen molar-refractivity contribution < 1.29 is 19.1 Å². The minimum atomic E-state index is -0.847. The van der Waals surface area contributed by atoms with Crippen molar-refractivity contribution in [2.45, 2.75) is 12.3 Å². The van der Waals surface area contributed by atoms with Crippen molar-refractivity contribution in [3.8, 4) is 0 Å². The van der Waals surface area contributed by atoms with Crippen molar-refractivity contribution in [2.75, 3.05) is 18.1 Å². The standard InChI is InChI=1S/C14H16FNO3S/c15-10-3-1-9(2-4-10)11-7-12(11)14(19)16-5-6-20-8-13(17)18/h1-4,11-12H,5-8H2,(H,16,19)(H,17,18). The second-order valence-electron chi connectivity index (χ2n) is 4.74. The van der Waals surface area contributed by atoms with Crippen LogP contribution in [0.3, 0.4) is 0 Å². The molecule has 1 aliphatic carbocycles. The zero-order valence-corrected chi connectivity index (χ0v) is 11.7. The summed E-state index contributed by atoms with van der Waals surface area (Å²) in [4.78, 5) is 22.1. The first kappa shape index (κ1) is 14.8. The van der Waals surface area contributed by atoms with Gasteiger partial charge in [0.25, 0.3) is 0 Å². The van der Waals surface area contributed by atoms with E-state index in [0.717, 1.165) is 12.0 Å². The van der Waals surface area contributed by atoms with E-state index >= 15 is 0 Å². The number of halogens is 1. The normalized spacial score (nSPS) is 20.4. The molecule has 2 N–H and O–H groups in total. The Morgan fingerprint density at radius 1 is 1.35 bits per heavy atom. The van der Waals surface area contributed by atoms with Crippen molar-refractivity contribution >= 4 is 23.6 Å². The monoisotopic (exact) mass is 297 g/mol. The quantitative estimate of drug-likeness (QED) is 0.754. The molecule has 1 fully saturated rings. The van der Waals surface area contributed by atoms with Crippen LogP contribution in [0.25, 0.3) is 0 Å². The van der Waals surface area contributed by atoms with E-state index in [9.17, 15) is 14.0 Å². The maximum absolute atomic E-state index is 12.8. The van der Waals surface area contributed by atoms with E-state index in [2.05, 4.69) is 5.32 Å². The van der Waals surface area contributed by atoms with E-state index in [1.165, 1.54) is 23.9 Å². The highest BCUT2D eigenvalue weighted by atomic mass is 32.2. The Balaban J connectivity index is 1.68. The fraction of sp³-hybridized carbons (Fsp3) is 0.429. The molecule has 6 heteroatoms. The van der Waals surface area contributed by atoms with E-state index in [4.69, 9.17) is 5.11 Å². The third kappa shape index (κ3) is 4.23. The van der Waals surface area contributed by atoms with Crippen LogP contribution in [0.15, 0.2) is 24.3 Å². The number of carbonyl (C=O) groups excluding carboxylic acids is 1.